The van der Waals surface area contributed by atoms with Crippen LogP contribution in [0.3, 0.4) is 0 Å². The molecule has 3 nitrogen and oxygen atoms in total. The normalized spacial score (nSPS) is 11.9. The highest BCUT2D eigenvalue weighted by molar-refractivity contribution is 7.86. The molecule has 17 heavy (non-hydrogen) atoms. The molecule has 1 N–H and O–H groups in total. The maximum atomic E-state index is 11.4. The summed E-state index contributed by atoms with van der Waals surface area (Å²) in [7, 11) is -4.17. The Morgan fingerprint density at radius 2 is 1.88 bits per heavy atom. The number of benzene rings is 2. The first-order valence-corrected chi connectivity index (χ1v) is 6.86. The summed E-state index contributed by atoms with van der Waals surface area (Å²) < 4.78 is 32.0. The molecule has 0 spiro atoms. The lowest BCUT2D eigenvalue weighted by Gasteiger charge is -2.08. The molecule has 90 valence electrons. The Bertz CT molecular complexity index is 672. The fraction of sp³-hybridized carbons (Fsp3) is 0.231. The van der Waals surface area contributed by atoms with E-state index >= 15 is 0 Å². The van der Waals surface area contributed by atoms with Crippen LogP contribution in [0.1, 0.15) is 18.1 Å². The third-order valence-electron chi connectivity index (χ3n) is 2.82. The molecule has 0 fully saturated rings. The summed E-state index contributed by atoms with van der Waals surface area (Å²) in [6.45, 7) is 3.90. The zero-order valence-electron chi connectivity index (χ0n) is 9.77. The average Bonchev–Trinajstić information content (AvgIpc) is 2.25. The van der Waals surface area contributed by atoms with Gasteiger partial charge in [0.05, 0.1) is 0 Å². The van der Waals surface area contributed by atoms with Crippen LogP contribution in [0.2, 0.25) is 0 Å². The van der Waals surface area contributed by atoms with Gasteiger partial charge in [0, 0.05) is 5.39 Å². The SMILES string of the molecule is CCc1cc(S(=O)(=O)O)c2ccc(C)cc2c1. The Balaban J connectivity index is 2.90. The minimum atomic E-state index is -4.17. The third-order valence-corrected chi connectivity index (χ3v) is 3.71. The molecule has 0 radical (unpaired) electrons. The van der Waals surface area contributed by atoms with Crippen molar-refractivity contribution in [3.63, 3.8) is 0 Å². The molecule has 0 aliphatic rings. The zero-order valence-corrected chi connectivity index (χ0v) is 10.6. The van der Waals surface area contributed by atoms with Gasteiger partial charge in [-0.05, 0) is 30.4 Å². The van der Waals surface area contributed by atoms with E-state index in [1.807, 2.05) is 32.0 Å². The quantitative estimate of drug-likeness (QED) is 0.834. The first-order chi connectivity index (χ1) is 7.91. The second kappa shape index (κ2) is 4.13. The summed E-state index contributed by atoms with van der Waals surface area (Å²) in [4.78, 5) is -0.00755. The first kappa shape index (κ1) is 12.1. The van der Waals surface area contributed by atoms with Crippen LogP contribution in [0.4, 0.5) is 0 Å². The predicted octanol–water partition coefficient (Wildman–Crippen LogP) is 2.96. The van der Waals surface area contributed by atoms with Crippen LogP contribution in [-0.4, -0.2) is 13.0 Å². The van der Waals surface area contributed by atoms with Gasteiger partial charge < -0.3 is 0 Å². The van der Waals surface area contributed by atoms with Crippen LogP contribution in [0.25, 0.3) is 10.8 Å². The number of fused-ring (bicyclic) bond motifs is 1. The topological polar surface area (TPSA) is 54.4 Å². The summed E-state index contributed by atoms with van der Waals surface area (Å²) in [6, 6.07) is 8.98. The van der Waals surface area contributed by atoms with Crippen LogP contribution in [0, 0.1) is 6.92 Å². The lowest BCUT2D eigenvalue weighted by Crippen LogP contribution is -2.00. The van der Waals surface area contributed by atoms with E-state index in [4.69, 9.17) is 0 Å². The van der Waals surface area contributed by atoms with Gasteiger partial charge in [0.2, 0.25) is 0 Å². The largest absolute Gasteiger partial charge is 0.295 e. The highest BCUT2D eigenvalue weighted by atomic mass is 32.2. The Hall–Kier alpha value is -1.39. The van der Waals surface area contributed by atoms with Gasteiger partial charge in [-0.3, -0.25) is 4.55 Å². The third kappa shape index (κ3) is 2.33. The van der Waals surface area contributed by atoms with Gasteiger partial charge in [-0.1, -0.05) is 36.8 Å². The molecule has 0 saturated carbocycles. The lowest BCUT2D eigenvalue weighted by molar-refractivity contribution is 0.484. The minimum absolute atomic E-state index is 0.00755. The molecular formula is C13H14O3S. The standard InChI is InChI=1S/C13H14O3S/c1-3-10-7-11-6-9(2)4-5-12(11)13(8-10)17(14,15)16/h4-8H,3H2,1-2H3,(H,14,15,16). The Morgan fingerprint density at radius 3 is 2.47 bits per heavy atom. The summed E-state index contributed by atoms with van der Waals surface area (Å²) >= 11 is 0. The molecule has 0 heterocycles. The maximum Gasteiger partial charge on any atom is 0.295 e. The monoisotopic (exact) mass is 250 g/mol. The van der Waals surface area contributed by atoms with Crippen LogP contribution >= 0.6 is 0 Å². The summed E-state index contributed by atoms with van der Waals surface area (Å²) in [6.07, 6.45) is 0.729. The van der Waals surface area contributed by atoms with E-state index in [1.165, 1.54) is 6.07 Å². The van der Waals surface area contributed by atoms with E-state index in [1.54, 1.807) is 6.07 Å². The average molecular weight is 250 g/mol. The molecule has 0 unspecified atom stereocenters. The van der Waals surface area contributed by atoms with Crippen molar-refractivity contribution in [3.05, 3.63) is 41.5 Å². The van der Waals surface area contributed by atoms with Crippen molar-refractivity contribution in [3.8, 4) is 0 Å². The molecular weight excluding hydrogens is 236 g/mol. The van der Waals surface area contributed by atoms with Crippen molar-refractivity contribution >= 4 is 20.9 Å². The minimum Gasteiger partial charge on any atom is -0.282 e. The van der Waals surface area contributed by atoms with Crippen molar-refractivity contribution < 1.29 is 13.0 Å². The number of hydrogen-bond acceptors (Lipinski definition) is 2. The van der Waals surface area contributed by atoms with Crippen molar-refractivity contribution in [1.82, 2.24) is 0 Å². The molecule has 0 amide bonds. The summed E-state index contributed by atoms with van der Waals surface area (Å²) in [5.74, 6) is 0. The van der Waals surface area contributed by atoms with Gasteiger partial charge >= 0.3 is 0 Å². The second-order valence-corrected chi connectivity index (χ2v) is 5.54. The summed E-state index contributed by atoms with van der Waals surface area (Å²) in [5, 5.41) is 1.41. The Kier molecular flexibility index (Phi) is 2.93. The van der Waals surface area contributed by atoms with Gasteiger partial charge in [0.1, 0.15) is 4.90 Å². The molecule has 0 aliphatic heterocycles. The highest BCUT2D eigenvalue weighted by Crippen LogP contribution is 2.26. The molecule has 0 saturated heterocycles. The van der Waals surface area contributed by atoms with Gasteiger partial charge in [-0.25, -0.2) is 0 Å². The predicted molar refractivity (Wildman–Crippen MR) is 67.9 cm³/mol. The Morgan fingerprint density at radius 1 is 1.18 bits per heavy atom. The molecule has 2 aromatic rings. The molecule has 0 bridgehead atoms. The molecule has 0 atom stereocenters. The van der Waals surface area contributed by atoms with Crippen LogP contribution < -0.4 is 0 Å². The van der Waals surface area contributed by atoms with E-state index in [0.717, 1.165) is 22.9 Å². The Labute approximate surface area is 101 Å². The molecule has 2 aromatic carbocycles. The van der Waals surface area contributed by atoms with Gasteiger partial charge in [-0.2, -0.15) is 8.42 Å². The smallest absolute Gasteiger partial charge is 0.282 e. The van der Waals surface area contributed by atoms with Gasteiger partial charge in [-0.15, -0.1) is 0 Å². The highest BCUT2D eigenvalue weighted by Gasteiger charge is 2.15. The maximum absolute atomic E-state index is 11.4. The van der Waals surface area contributed by atoms with E-state index in [9.17, 15) is 13.0 Å². The number of aryl methyl sites for hydroxylation is 2. The zero-order chi connectivity index (χ0) is 12.6. The van der Waals surface area contributed by atoms with Crippen molar-refractivity contribution in [2.45, 2.75) is 25.2 Å². The van der Waals surface area contributed by atoms with E-state index in [-0.39, 0.29) is 4.90 Å². The van der Waals surface area contributed by atoms with Crippen LogP contribution in [-0.2, 0) is 16.5 Å². The lowest BCUT2D eigenvalue weighted by atomic mass is 10.0. The van der Waals surface area contributed by atoms with E-state index in [0.29, 0.717) is 5.39 Å². The molecule has 2 rings (SSSR count). The fourth-order valence-electron chi connectivity index (χ4n) is 1.93. The van der Waals surface area contributed by atoms with E-state index in [2.05, 4.69) is 0 Å². The molecule has 0 aromatic heterocycles. The second-order valence-electron chi connectivity index (χ2n) is 4.15. The van der Waals surface area contributed by atoms with Crippen LogP contribution in [0.15, 0.2) is 35.2 Å². The van der Waals surface area contributed by atoms with Crippen molar-refractivity contribution in [1.29, 1.82) is 0 Å². The first-order valence-electron chi connectivity index (χ1n) is 5.42. The fourth-order valence-corrected chi connectivity index (χ4v) is 2.70. The van der Waals surface area contributed by atoms with Crippen molar-refractivity contribution in [2.24, 2.45) is 0 Å². The molecule has 0 aliphatic carbocycles. The van der Waals surface area contributed by atoms with Crippen LogP contribution in [0.5, 0.6) is 0 Å². The number of hydrogen-bond donors (Lipinski definition) is 1. The number of rotatable bonds is 2. The van der Waals surface area contributed by atoms with Crippen molar-refractivity contribution in [2.75, 3.05) is 0 Å². The van der Waals surface area contributed by atoms with Gasteiger partial charge in [0.15, 0.2) is 0 Å². The van der Waals surface area contributed by atoms with Gasteiger partial charge in [0.25, 0.3) is 10.1 Å². The molecule has 4 heteroatoms. The summed E-state index contributed by atoms with van der Waals surface area (Å²) in [5.41, 5.74) is 1.96. The van der Waals surface area contributed by atoms with E-state index < -0.39 is 10.1 Å².